The number of benzene rings is 2. The van der Waals surface area contributed by atoms with Gasteiger partial charge in [-0.15, -0.1) is 0 Å². The third kappa shape index (κ3) is 7.64. The first-order valence-electron chi connectivity index (χ1n) is 10.1. The van der Waals surface area contributed by atoms with Gasteiger partial charge in [0.05, 0.1) is 6.61 Å². The molecule has 1 aliphatic heterocycles. The molecule has 5 nitrogen and oxygen atoms in total. The van der Waals surface area contributed by atoms with Gasteiger partial charge in [0.15, 0.2) is 5.96 Å². The van der Waals surface area contributed by atoms with E-state index < -0.39 is 12.8 Å². The summed E-state index contributed by atoms with van der Waals surface area (Å²) in [5.41, 5.74) is 4.06. The van der Waals surface area contributed by atoms with Crippen molar-refractivity contribution in [3.63, 3.8) is 0 Å². The standard InChI is InChI=1S/C23H27F3N4O/c1-27-22(29-15-19-8-10-21(11-9-19)30-12-2-3-13-30)28-14-18-4-6-20(7-5-18)16-31-17-23(24,25)26/h2-11H,12-17H2,1H3,(H2,27,28,29). The van der Waals surface area contributed by atoms with Crippen LogP contribution in [0, 0.1) is 0 Å². The SMILES string of the molecule is CN=C(NCc1ccc(COCC(F)(F)F)cc1)NCc1ccc(N2CC=CC2)cc1. The van der Waals surface area contributed by atoms with E-state index in [1.807, 2.05) is 12.1 Å². The lowest BCUT2D eigenvalue weighted by Gasteiger charge is -2.18. The van der Waals surface area contributed by atoms with Crippen LogP contribution in [0.4, 0.5) is 18.9 Å². The van der Waals surface area contributed by atoms with E-state index in [0.29, 0.717) is 24.6 Å². The van der Waals surface area contributed by atoms with E-state index in [4.69, 9.17) is 0 Å². The molecule has 166 valence electrons. The summed E-state index contributed by atoms with van der Waals surface area (Å²) in [6.45, 7) is 1.80. The molecule has 0 saturated carbocycles. The number of hydrogen-bond donors (Lipinski definition) is 2. The fraction of sp³-hybridized carbons (Fsp3) is 0.348. The summed E-state index contributed by atoms with van der Waals surface area (Å²) in [6.07, 6.45) is 0.0287. The molecule has 0 amide bonds. The molecule has 31 heavy (non-hydrogen) atoms. The Morgan fingerprint density at radius 2 is 1.42 bits per heavy atom. The molecule has 0 aliphatic carbocycles. The van der Waals surface area contributed by atoms with Crippen LogP contribution in [0.2, 0.25) is 0 Å². The predicted octanol–water partition coefficient (Wildman–Crippen LogP) is 4.01. The van der Waals surface area contributed by atoms with Crippen molar-refractivity contribution in [2.24, 2.45) is 4.99 Å². The summed E-state index contributed by atoms with van der Waals surface area (Å²) in [6, 6.07) is 15.7. The van der Waals surface area contributed by atoms with Gasteiger partial charge in [0.25, 0.3) is 0 Å². The number of nitrogens with one attached hydrogen (secondary N) is 2. The van der Waals surface area contributed by atoms with Crippen LogP contribution in [0.1, 0.15) is 16.7 Å². The van der Waals surface area contributed by atoms with Crippen LogP contribution in [-0.4, -0.2) is 38.9 Å². The summed E-state index contributed by atoms with van der Waals surface area (Å²) >= 11 is 0. The largest absolute Gasteiger partial charge is 0.411 e. The molecule has 2 aromatic rings. The number of anilines is 1. The van der Waals surface area contributed by atoms with Gasteiger partial charge < -0.3 is 20.3 Å². The maximum atomic E-state index is 12.1. The van der Waals surface area contributed by atoms with Gasteiger partial charge in [-0.05, 0) is 28.8 Å². The van der Waals surface area contributed by atoms with Crippen molar-refractivity contribution >= 4 is 11.6 Å². The normalized spacial score (nSPS) is 14.2. The molecule has 0 fully saturated rings. The van der Waals surface area contributed by atoms with E-state index in [-0.39, 0.29) is 6.61 Å². The number of rotatable bonds is 8. The molecule has 0 radical (unpaired) electrons. The van der Waals surface area contributed by atoms with E-state index in [1.165, 1.54) is 5.69 Å². The van der Waals surface area contributed by atoms with Gasteiger partial charge in [0, 0.05) is 38.9 Å². The number of halogens is 3. The molecule has 1 aliphatic rings. The maximum absolute atomic E-state index is 12.1. The minimum Gasteiger partial charge on any atom is -0.367 e. The molecule has 8 heteroatoms. The summed E-state index contributed by atoms with van der Waals surface area (Å²) in [5.74, 6) is 0.672. The Morgan fingerprint density at radius 1 is 0.903 bits per heavy atom. The van der Waals surface area contributed by atoms with Gasteiger partial charge in [-0.1, -0.05) is 48.6 Å². The molecule has 1 heterocycles. The van der Waals surface area contributed by atoms with E-state index in [0.717, 1.165) is 24.2 Å². The second kappa shape index (κ2) is 10.9. The number of ether oxygens (including phenoxy) is 1. The summed E-state index contributed by atoms with van der Waals surface area (Å²) in [4.78, 5) is 6.53. The number of guanidine groups is 1. The summed E-state index contributed by atoms with van der Waals surface area (Å²) < 4.78 is 41.1. The Labute approximate surface area is 180 Å². The summed E-state index contributed by atoms with van der Waals surface area (Å²) in [7, 11) is 1.71. The maximum Gasteiger partial charge on any atom is 0.411 e. The highest BCUT2D eigenvalue weighted by Gasteiger charge is 2.27. The third-order valence-corrected chi connectivity index (χ3v) is 4.82. The van der Waals surface area contributed by atoms with Crippen LogP contribution < -0.4 is 15.5 Å². The van der Waals surface area contributed by atoms with Crippen molar-refractivity contribution in [1.82, 2.24) is 10.6 Å². The lowest BCUT2D eigenvalue weighted by Crippen LogP contribution is -2.36. The van der Waals surface area contributed by atoms with E-state index in [9.17, 15) is 13.2 Å². The molecule has 2 aromatic carbocycles. The average Bonchev–Trinajstić information content (AvgIpc) is 3.29. The lowest BCUT2D eigenvalue weighted by atomic mass is 10.1. The van der Waals surface area contributed by atoms with Crippen LogP contribution in [0.3, 0.4) is 0 Å². The fourth-order valence-electron chi connectivity index (χ4n) is 3.14. The number of aliphatic imine (C=N–C) groups is 1. The van der Waals surface area contributed by atoms with Gasteiger partial charge in [-0.25, -0.2) is 0 Å². The number of alkyl halides is 3. The van der Waals surface area contributed by atoms with E-state index in [1.54, 1.807) is 19.2 Å². The van der Waals surface area contributed by atoms with Crippen molar-refractivity contribution in [1.29, 1.82) is 0 Å². The molecule has 0 spiro atoms. The third-order valence-electron chi connectivity index (χ3n) is 4.82. The van der Waals surface area contributed by atoms with Crippen molar-refractivity contribution in [2.45, 2.75) is 25.9 Å². The highest BCUT2D eigenvalue weighted by atomic mass is 19.4. The topological polar surface area (TPSA) is 48.9 Å². The first kappa shape index (κ1) is 22.7. The molecule has 0 bridgehead atoms. The smallest absolute Gasteiger partial charge is 0.367 e. The first-order chi connectivity index (χ1) is 14.9. The van der Waals surface area contributed by atoms with Crippen LogP contribution in [0.5, 0.6) is 0 Å². The van der Waals surface area contributed by atoms with Gasteiger partial charge in [-0.2, -0.15) is 13.2 Å². The molecule has 0 unspecified atom stereocenters. The summed E-state index contributed by atoms with van der Waals surface area (Å²) in [5, 5.41) is 6.52. The molecule has 3 rings (SSSR count). The van der Waals surface area contributed by atoms with E-state index in [2.05, 4.69) is 61.7 Å². The minimum absolute atomic E-state index is 0.0660. The highest BCUT2D eigenvalue weighted by Crippen LogP contribution is 2.18. The van der Waals surface area contributed by atoms with Gasteiger partial charge in [-0.3, -0.25) is 4.99 Å². The number of nitrogens with zero attached hydrogens (tertiary/aromatic N) is 2. The van der Waals surface area contributed by atoms with Gasteiger partial charge in [0.1, 0.15) is 6.61 Å². The second-order valence-electron chi connectivity index (χ2n) is 7.25. The Kier molecular flexibility index (Phi) is 7.94. The molecule has 0 saturated heterocycles. The zero-order chi connectivity index (χ0) is 22.1. The number of hydrogen-bond acceptors (Lipinski definition) is 3. The minimum atomic E-state index is -4.31. The average molecular weight is 432 g/mol. The highest BCUT2D eigenvalue weighted by molar-refractivity contribution is 5.79. The van der Waals surface area contributed by atoms with E-state index >= 15 is 0 Å². The Morgan fingerprint density at radius 3 is 1.94 bits per heavy atom. The lowest BCUT2D eigenvalue weighted by molar-refractivity contribution is -0.176. The van der Waals surface area contributed by atoms with Crippen LogP contribution in [0.15, 0.2) is 65.7 Å². The molecule has 2 N–H and O–H groups in total. The fourth-order valence-corrected chi connectivity index (χ4v) is 3.14. The predicted molar refractivity (Wildman–Crippen MR) is 117 cm³/mol. The van der Waals surface area contributed by atoms with Gasteiger partial charge >= 0.3 is 6.18 Å². The van der Waals surface area contributed by atoms with Gasteiger partial charge in [0.2, 0.25) is 0 Å². The van der Waals surface area contributed by atoms with Crippen molar-refractivity contribution in [2.75, 3.05) is 31.6 Å². The van der Waals surface area contributed by atoms with Crippen LogP contribution in [-0.2, 0) is 24.4 Å². The quantitative estimate of drug-likeness (QED) is 0.376. The Hall–Kier alpha value is -3.00. The van der Waals surface area contributed by atoms with Crippen molar-refractivity contribution in [3.8, 4) is 0 Å². The molecular weight excluding hydrogens is 405 g/mol. The molecule has 0 atom stereocenters. The Balaban J connectivity index is 1.41. The zero-order valence-electron chi connectivity index (χ0n) is 17.5. The molecular formula is C23H27F3N4O. The second-order valence-corrected chi connectivity index (χ2v) is 7.25. The zero-order valence-corrected chi connectivity index (χ0v) is 17.5. The van der Waals surface area contributed by atoms with Crippen molar-refractivity contribution < 1.29 is 17.9 Å². The molecule has 0 aromatic heterocycles. The van der Waals surface area contributed by atoms with Crippen LogP contribution in [0.25, 0.3) is 0 Å². The first-order valence-corrected chi connectivity index (χ1v) is 10.1. The van der Waals surface area contributed by atoms with Crippen molar-refractivity contribution in [3.05, 3.63) is 77.4 Å². The van der Waals surface area contributed by atoms with Crippen LogP contribution >= 0.6 is 0 Å². The Bertz CT molecular complexity index is 869. The monoisotopic (exact) mass is 432 g/mol.